The molecule has 1 aromatic carbocycles. The summed E-state index contributed by atoms with van der Waals surface area (Å²) in [5.41, 5.74) is 0.874. The first-order valence-electron chi connectivity index (χ1n) is 6.65. The smallest absolute Gasteiger partial charge is 0.352 e. The molecule has 3 rings (SSSR count). The van der Waals surface area contributed by atoms with Crippen LogP contribution in [0.5, 0.6) is 5.75 Å². The molecule has 2 aliphatic rings. The highest BCUT2D eigenvalue weighted by Gasteiger charge is 2.53. The van der Waals surface area contributed by atoms with Crippen molar-refractivity contribution in [2.45, 2.75) is 12.3 Å². The maximum Gasteiger partial charge on any atom is 0.352 e. The lowest BCUT2D eigenvalue weighted by atomic mass is 9.96. The van der Waals surface area contributed by atoms with Crippen LogP contribution in [0.2, 0.25) is 0 Å². The first-order valence-corrected chi connectivity index (χ1v) is 7.70. The molecule has 1 amide bonds. The summed E-state index contributed by atoms with van der Waals surface area (Å²) in [6.45, 7) is 2.04. The molecular formula is C15H15NO4S. The van der Waals surface area contributed by atoms with Crippen LogP contribution in [0, 0.1) is 5.92 Å². The first-order chi connectivity index (χ1) is 10.1. The third kappa shape index (κ3) is 2.40. The van der Waals surface area contributed by atoms with Crippen molar-refractivity contribution >= 4 is 23.6 Å². The van der Waals surface area contributed by atoms with E-state index >= 15 is 0 Å². The van der Waals surface area contributed by atoms with Gasteiger partial charge in [0, 0.05) is 5.75 Å². The molecule has 1 fully saturated rings. The number of para-hydroxylation sites is 1. The topological polar surface area (TPSA) is 66.8 Å². The number of hydrogen-bond acceptors (Lipinski definition) is 4. The van der Waals surface area contributed by atoms with Crippen molar-refractivity contribution in [2.24, 2.45) is 5.92 Å². The first kappa shape index (κ1) is 14.0. The molecule has 2 aliphatic heterocycles. The third-order valence-electron chi connectivity index (χ3n) is 3.64. The monoisotopic (exact) mass is 305 g/mol. The fraction of sp³-hybridized carbons (Fsp3) is 0.333. The number of aliphatic carboxylic acids is 1. The van der Waals surface area contributed by atoms with Crippen molar-refractivity contribution in [2.75, 3.05) is 12.4 Å². The van der Waals surface area contributed by atoms with E-state index in [0.717, 1.165) is 11.3 Å². The molecule has 110 valence electrons. The predicted molar refractivity (Wildman–Crippen MR) is 78.9 cm³/mol. The zero-order valence-corrected chi connectivity index (χ0v) is 12.3. The lowest BCUT2D eigenvalue weighted by molar-refractivity contribution is -0.153. The quantitative estimate of drug-likeness (QED) is 0.861. The molecule has 6 heteroatoms. The Bertz CT molecular complexity index is 613. The van der Waals surface area contributed by atoms with Gasteiger partial charge >= 0.3 is 5.97 Å². The fourth-order valence-electron chi connectivity index (χ4n) is 2.58. The number of hydrogen-bond donors (Lipinski definition) is 1. The molecule has 21 heavy (non-hydrogen) atoms. The Labute approximate surface area is 126 Å². The number of ether oxygens (including phenoxy) is 1. The Hall–Kier alpha value is -1.95. The van der Waals surface area contributed by atoms with Crippen LogP contribution < -0.4 is 4.74 Å². The molecule has 0 spiro atoms. The highest BCUT2D eigenvalue weighted by atomic mass is 32.2. The minimum atomic E-state index is -1.03. The summed E-state index contributed by atoms with van der Waals surface area (Å²) in [5, 5.41) is 9.12. The summed E-state index contributed by atoms with van der Waals surface area (Å²) in [6, 6.07) is 9.30. The third-order valence-corrected chi connectivity index (χ3v) is 5.12. The van der Waals surface area contributed by atoms with E-state index in [1.807, 2.05) is 30.3 Å². The van der Waals surface area contributed by atoms with Crippen LogP contribution in [-0.4, -0.2) is 39.6 Å². The number of nitrogens with zero attached hydrogens (tertiary/aromatic N) is 1. The Morgan fingerprint density at radius 3 is 2.81 bits per heavy atom. The van der Waals surface area contributed by atoms with E-state index in [2.05, 4.69) is 0 Å². The summed E-state index contributed by atoms with van der Waals surface area (Å²) in [6.07, 6.45) is 0. The summed E-state index contributed by atoms with van der Waals surface area (Å²) in [7, 11) is 0. The number of carbonyl (C=O) groups excluding carboxylic acids is 1. The predicted octanol–water partition coefficient (Wildman–Crippen LogP) is 1.96. The molecule has 0 aromatic heterocycles. The van der Waals surface area contributed by atoms with Gasteiger partial charge in [-0.1, -0.05) is 18.2 Å². The molecule has 5 nitrogen and oxygen atoms in total. The van der Waals surface area contributed by atoms with Crippen LogP contribution in [-0.2, 0) is 9.59 Å². The fourth-order valence-corrected chi connectivity index (χ4v) is 3.92. The molecule has 1 aromatic rings. The van der Waals surface area contributed by atoms with E-state index in [1.165, 1.54) is 4.90 Å². The van der Waals surface area contributed by atoms with Gasteiger partial charge in [0.05, 0.1) is 5.37 Å². The second-order valence-corrected chi connectivity index (χ2v) is 6.18. The van der Waals surface area contributed by atoms with E-state index in [0.29, 0.717) is 5.75 Å². The number of thioether (sulfide) groups is 1. The SMILES string of the molecule is CC1=C(C(=O)O)N2C(=O)C(COc3ccccc3)[C@H]2SC1. The minimum absolute atomic E-state index is 0.129. The average Bonchev–Trinajstić information content (AvgIpc) is 2.48. The Morgan fingerprint density at radius 1 is 1.43 bits per heavy atom. The van der Waals surface area contributed by atoms with Crippen LogP contribution in [0.3, 0.4) is 0 Å². The lowest BCUT2D eigenvalue weighted by Crippen LogP contribution is -2.62. The van der Waals surface area contributed by atoms with Crippen LogP contribution in [0.1, 0.15) is 6.92 Å². The van der Waals surface area contributed by atoms with Crippen LogP contribution >= 0.6 is 11.8 Å². The number of carboxylic acids is 1. The van der Waals surface area contributed by atoms with Gasteiger partial charge in [-0.3, -0.25) is 9.69 Å². The molecule has 0 radical (unpaired) electrons. The number of carboxylic acid groups (broad SMARTS) is 1. The Kier molecular flexibility index (Phi) is 3.63. The highest BCUT2D eigenvalue weighted by molar-refractivity contribution is 8.00. The number of carbonyl (C=O) groups is 2. The van der Waals surface area contributed by atoms with Crippen molar-refractivity contribution in [3.05, 3.63) is 41.6 Å². The van der Waals surface area contributed by atoms with E-state index in [4.69, 9.17) is 4.74 Å². The van der Waals surface area contributed by atoms with Crippen molar-refractivity contribution in [1.82, 2.24) is 4.90 Å². The van der Waals surface area contributed by atoms with Gasteiger partial charge in [0.15, 0.2) is 0 Å². The maximum atomic E-state index is 12.2. The van der Waals surface area contributed by atoms with Gasteiger partial charge in [0.1, 0.15) is 24.0 Å². The largest absolute Gasteiger partial charge is 0.493 e. The van der Waals surface area contributed by atoms with Crippen LogP contribution in [0.15, 0.2) is 41.6 Å². The standard InChI is InChI=1S/C15H15NO4S/c1-9-8-21-14-11(7-20-10-5-3-2-4-6-10)13(17)16(14)12(9)15(18)19/h2-6,11,14H,7-8H2,1H3,(H,18,19)/t11?,14-/m1/s1. The van der Waals surface area contributed by atoms with Crippen LogP contribution in [0.4, 0.5) is 0 Å². The molecule has 0 saturated carbocycles. The Morgan fingerprint density at radius 2 is 2.14 bits per heavy atom. The van der Waals surface area contributed by atoms with Gasteiger partial charge in [-0.25, -0.2) is 4.79 Å². The number of benzene rings is 1. The van der Waals surface area contributed by atoms with Gasteiger partial charge in [0.25, 0.3) is 0 Å². The molecule has 0 aliphatic carbocycles. The van der Waals surface area contributed by atoms with E-state index in [-0.39, 0.29) is 29.5 Å². The van der Waals surface area contributed by atoms with E-state index < -0.39 is 5.97 Å². The second-order valence-electron chi connectivity index (χ2n) is 5.07. The average molecular weight is 305 g/mol. The van der Waals surface area contributed by atoms with Gasteiger partial charge in [-0.2, -0.15) is 0 Å². The van der Waals surface area contributed by atoms with E-state index in [9.17, 15) is 14.7 Å². The van der Waals surface area contributed by atoms with Crippen molar-refractivity contribution in [1.29, 1.82) is 0 Å². The number of amides is 1. The number of fused-ring (bicyclic) bond motifs is 1. The molecule has 0 bridgehead atoms. The van der Waals surface area contributed by atoms with Crippen molar-refractivity contribution < 1.29 is 19.4 Å². The lowest BCUT2D eigenvalue weighted by Gasteiger charge is -2.49. The van der Waals surface area contributed by atoms with E-state index in [1.54, 1.807) is 18.7 Å². The highest BCUT2D eigenvalue weighted by Crippen LogP contribution is 2.43. The summed E-state index contributed by atoms with van der Waals surface area (Å²) < 4.78 is 5.63. The molecular weight excluding hydrogens is 290 g/mol. The molecule has 1 saturated heterocycles. The van der Waals surface area contributed by atoms with Gasteiger partial charge in [-0.05, 0) is 24.6 Å². The zero-order valence-electron chi connectivity index (χ0n) is 11.5. The van der Waals surface area contributed by atoms with Gasteiger partial charge in [-0.15, -0.1) is 11.8 Å². The molecule has 2 atom stereocenters. The van der Waals surface area contributed by atoms with Gasteiger partial charge < -0.3 is 9.84 Å². The molecule has 1 N–H and O–H groups in total. The number of rotatable bonds is 4. The summed E-state index contributed by atoms with van der Waals surface area (Å²) in [5.74, 6) is -0.126. The normalized spacial score (nSPS) is 24.4. The minimum Gasteiger partial charge on any atom is -0.493 e. The maximum absolute atomic E-state index is 12.2. The molecule has 1 unspecified atom stereocenters. The van der Waals surface area contributed by atoms with Gasteiger partial charge in [0.2, 0.25) is 5.91 Å². The second kappa shape index (κ2) is 5.44. The van der Waals surface area contributed by atoms with Crippen molar-refractivity contribution in [3.63, 3.8) is 0 Å². The Balaban J connectivity index is 1.69. The zero-order chi connectivity index (χ0) is 15.0. The van der Waals surface area contributed by atoms with Crippen LogP contribution in [0.25, 0.3) is 0 Å². The molecule has 2 heterocycles. The summed E-state index contributed by atoms with van der Waals surface area (Å²) in [4.78, 5) is 24.9. The van der Waals surface area contributed by atoms with Crippen molar-refractivity contribution in [3.8, 4) is 5.75 Å². The number of β-lactam (4-membered cyclic amide) rings is 1. The summed E-state index contributed by atoms with van der Waals surface area (Å²) >= 11 is 1.59.